The molecule has 1 N–H and O–H groups in total. The van der Waals surface area contributed by atoms with Gasteiger partial charge in [0.25, 0.3) is 0 Å². The van der Waals surface area contributed by atoms with E-state index in [1.807, 2.05) is 11.0 Å². The summed E-state index contributed by atoms with van der Waals surface area (Å²) in [6, 6.07) is 8.67. The highest BCUT2D eigenvalue weighted by atomic mass is 35.5. The van der Waals surface area contributed by atoms with Gasteiger partial charge in [-0.3, -0.25) is 4.79 Å². The number of aromatic nitrogens is 1. The third-order valence-electron chi connectivity index (χ3n) is 4.09. The van der Waals surface area contributed by atoms with Crippen molar-refractivity contribution in [3.05, 3.63) is 29.3 Å². The number of thiazole rings is 1. The molecule has 0 spiro atoms. The molecule has 1 fully saturated rings. The van der Waals surface area contributed by atoms with E-state index in [2.05, 4.69) is 35.4 Å². The molecule has 0 aliphatic carbocycles. The number of hydrogen-bond donors (Lipinski definition) is 1. The van der Waals surface area contributed by atoms with Crippen molar-refractivity contribution in [1.82, 2.24) is 15.2 Å². The zero-order valence-electron chi connectivity index (χ0n) is 13.9. The van der Waals surface area contributed by atoms with Gasteiger partial charge in [-0.2, -0.15) is 0 Å². The Kier molecular flexibility index (Phi) is 8.98. The number of halogens is 2. The Labute approximate surface area is 159 Å². The molecule has 1 aliphatic rings. The average molecular weight is 390 g/mol. The molecule has 134 valence electrons. The molecule has 0 radical (unpaired) electrons. The molecular formula is C17H25Cl2N3OS. The molecule has 2 aromatic rings. The first-order valence-corrected chi connectivity index (χ1v) is 8.89. The number of para-hydroxylation sites is 1. The van der Waals surface area contributed by atoms with Gasteiger partial charge in [0.15, 0.2) is 0 Å². The van der Waals surface area contributed by atoms with Crippen LogP contribution in [0.25, 0.3) is 10.2 Å². The fourth-order valence-corrected chi connectivity index (χ4v) is 3.91. The number of hydrogen-bond acceptors (Lipinski definition) is 4. The number of nitrogens with zero attached hydrogens (tertiary/aromatic N) is 2. The summed E-state index contributed by atoms with van der Waals surface area (Å²) in [5, 5.41) is 4.55. The molecule has 24 heavy (non-hydrogen) atoms. The quantitative estimate of drug-likeness (QED) is 0.793. The van der Waals surface area contributed by atoms with E-state index in [-0.39, 0.29) is 24.8 Å². The molecule has 1 aromatic heterocycles. The van der Waals surface area contributed by atoms with Crippen LogP contribution in [0.5, 0.6) is 0 Å². The molecule has 0 saturated carbocycles. The topological polar surface area (TPSA) is 45.2 Å². The van der Waals surface area contributed by atoms with Crippen LogP contribution in [-0.2, 0) is 11.2 Å². The van der Waals surface area contributed by atoms with Crippen molar-refractivity contribution in [2.75, 3.05) is 19.6 Å². The van der Waals surface area contributed by atoms with Crippen LogP contribution in [0.1, 0.15) is 31.2 Å². The van der Waals surface area contributed by atoms with E-state index in [1.165, 1.54) is 9.71 Å². The molecule has 1 unspecified atom stereocenters. The number of nitrogens with one attached hydrogen (secondary N) is 1. The van der Waals surface area contributed by atoms with Crippen molar-refractivity contribution < 1.29 is 4.79 Å². The summed E-state index contributed by atoms with van der Waals surface area (Å²) in [6.07, 6.45) is 3.63. The van der Waals surface area contributed by atoms with Gasteiger partial charge in [-0.1, -0.05) is 12.1 Å². The Morgan fingerprint density at radius 3 is 2.88 bits per heavy atom. The maximum absolute atomic E-state index is 12.2. The van der Waals surface area contributed by atoms with E-state index in [0.29, 0.717) is 18.4 Å². The predicted molar refractivity (Wildman–Crippen MR) is 106 cm³/mol. The van der Waals surface area contributed by atoms with E-state index in [1.54, 1.807) is 11.3 Å². The Bertz CT molecular complexity index is 617. The number of fused-ring (bicyclic) bond motifs is 1. The molecule has 1 saturated heterocycles. The summed E-state index contributed by atoms with van der Waals surface area (Å²) in [7, 11) is 0. The van der Waals surface area contributed by atoms with Crippen LogP contribution >= 0.6 is 36.2 Å². The van der Waals surface area contributed by atoms with Crippen molar-refractivity contribution in [3.63, 3.8) is 0 Å². The Hall–Kier alpha value is -0.880. The first-order chi connectivity index (χ1) is 10.7. The van der Waals surface area contributed by atoms with Crippen LogP contribution in [0.4, 0.5) is 0 Å². The number of carbonyl (C=O) groups is 1. The second-order valence-electron chi connectivity index (χ2n) is 5.98. The van der Waals surface area contributed by atoms with E-state index in [0.717, 1.165) is 44.4 Å². The number of benzene rings is 1. The second kappa shape index (κ2) is 10.2. The minimum absolute atomic E-state index is 0. The normalized spacial score (nSPS) is 17.2. The van der Waals surface area contributed by atoms with Crippen LogP contribution in [0.2, 0.25) is 0 Å². The maximum atomic E-state index is 12.2. The molecule has 1 aliphatic heterocycles. The molecule has 1 amide bonds. The van der Waals surface area contributed by atoms with Crippen LogP contribution in [0, 0.1) is 0 Å². The summed E-state index contributed by atoms with van der Waals surface area (Å²) in [6.45, 7) is 4.74. The van der Waals surface area contributed by atoms with Gasteiger partial charge in [0.1, 0.15) is 0 Å². The van der Waals surface area contributed by atoms with Crippen molar-refractivity contribution in [3.8, 4) is 0 Å². The van der Waals surface area contributed by atoms with Crippen LogP contribution in [-0.4, -0.2) is 41.5 Å². The number of carbonyl (C=O) groups excluding carboxylic acids is 1. The Morgan fingerprint density at radius 2 is 2.12 bits per heavy atom. The number of unbranched alkanes of at least 4 members (excludes halogenated alkanes) is 1. The lowest BCUT2D eigenvalue weighted by molar-refractivity contribution is -0.132. The molecule has 3 rings (SSSR count). The lowest BCUT2D eigenvalue weighted by Crippen LogP contribution is -2.51. The summed E-state index contributed by atoms with van der Waals surface area (Å²) in [5.41, 5.74) is 1.09. The van der Waals surface area contributed by atoms with Gasteiger partial charge < -0.3 is 10.2 Å². The highest BCUT2D eigenvalue weighted by Crippen LogP contribution is 2.22. The summed E-state index contributed by atoms with van der Waals surface area (Å²) < 4.78 is 1.25. The zero-order valence-corrected chi connectivity index (χ0v) is 16.3. The summed E-state index contributed by atoms with van der Waals surface area (Å²) >= 11 is 1.77. The van der Waals surface area contributed by atoms with Gasteiger partial charge in [-0.25, -0.2) is 4.98 Å². The summed E-state index contributed by atoms with van der Waals surface area (Å²) in [4.78, 5) is 18.8. The number of aryl methyl sites for hydroxylation is 1. The SMILES string of the molecule is CC1CN(C(=O)CCCCc2nc3ccccc3s2)CCN1.Cl.Cl. The monoisotopic (exact) mass is 389 g/mol. The van der Waals surface area contributed by atoms with Crippen LogP contribution in [0.3, 0.4) is 0 Å². The highest BCUT2D eigenvalue weighted by Gasteiger charge is 2.19. The fourth-order valence-electron chi connectivity index (χ4n) is 2.90. The standard InChI is InChI=1S/C17H23N3OS.2ClH/c1-13-12-20(11-10-18-13)17(21)9-5-4-8-16-19-14-6-2-3-7-15(14)22-16;;/h2-3,6-7,13,18H,4-5,8-12H2,1H3;2*1H. The fraction of sp³-hybridized carbons (Fsp3) is 0.529. The smallest absolute Gasteiger partial charge is 0.222 e. The van der Waals surface area contributed by atoms with Crippen molar-refractivity contribution >= 4 is 52.3 Å². The molecule has 2 heterocycles. The third-order valence-corrected chi connectivity index (χ3v) is 5.19. The Balaban J connectivity index is 0.00000144. The Morgan fingerprint density at radius 1 is 1.33 bits per heavy atom. The average Bonchev–Trinajstić information content (AvgIpc) is 2.94. The lowest BCUT2D eigenvalue weighted by Gasteiger charge is -2.32. The van der Waals surface area contributed by atoms with Gasteiger partial charge >= 0.3 is 0 Å². The van der Waals surface area contributed by atoms with Gasteiger partial charge in [-0.05, 0) is 38.3 Å². The minimum Gasteiger partial charge on any atom is -0.340 e. The third kappa shape index (κ3) is 5.59. The number of rotatable bonds is 5. The molecule has 7 heteroatoms. The van der Waals surface area contributed by atoms with Gasteiger partial charge in [0, 0.05) is 32.1 Å². The molecular weight excluding hydrogens is 365 g/mol. The van der Waals surface area contributed by atoms with Crippen LogP contribution in [0.15, 0.2) is 24.3 Å². The van der Waals surface area contributed by atoms with Gasteiger partial charge in [0.2, 0.25) is 5.91 Å². The molecule has 0 bridgehead atoms. The first kappa shape index (κ1) is 21.2. The number of piperazine rings is 1. The zero-order chi connectivity index (χ0) is 15.4. The number of amides is 1. The van der Waals surface area contributed by atoms with E-state index >= 15 is 0 Å². The highest BCUT2D eigenvalue weighted by molar-refractivity contribution is 7.18. The predicted octanol–water partition coefficient (Wildman–Crippen LogP) is 3.67. The van der Waals surface area contributed by atoms with Crippen molar-refractivity contribution in [1.29, 1.82) is 0 Å². The van der Waals surface area contributed by atoms with Crippen molar-refractivity contribution in [2.24, 2.45) is 0 Å². The van der Waals surface area contributed by atoms with Gasteiger partial charge in [-0.15, -0.1) is 36.2 Å². The minimum atomic E-state index is 0. The largest absolute Gasteiger partial charge is 0.340 e. The van der Waals surface area contributed by atoms with Crippen LogP contribution < -0.4 is 5.32 Å². The first-order valence-electron chi connectivity index (χ1n) is 8.08. The van der Waals surface area contributed by atoms with Crippen molar-refractivity contribution in [2.45, 2.75) is 38.6 Å². The molecule has 4 nitrogen and oxygen atoms in total. The van der Waals surface area contributed by atoms with Gasteiger partial charge in [0.05, 0.1) is 15.2 Å². The molecule has 1 aromatic carbocycles. The van der Waals surface area contributed by atoms with E-state index in [4.69, 9.17) is 0 Å². The summed E-state index contributed by atoms with van der Waals surface area (Å²) in [5.74, 6) is 0.303. The maximum Gasteiger partial charge on any atom is 0.222 e. The van der Waals surface area contributed by atoms with E-state index in [9.17, 15) is 4.79 Å². The second-order valence-corrected chi connectivity index (χ2v) is 7.09. The van der Waals surface area contributed by atoms with E-state index < -0.39 is 0 Å². The molecule has 1 atom stereocenters. The lowest BCUT2D eigenvalue weighted by atomic mass is 10.1.